The molecule has 3 aromatic rings. The fourth-order valence-corrected chi connectivity index (χ4v) is 1.90. The summed E-state index contributed by atoms with van der Waals surface area (Å²) < 4.78 is 0. The largest absolute Gasteiger partial charge is 0.481 e. The van der Waals surface area contributed by atoms with Crippen LogP contribution in [0.4, 0.5) is 0 Å². The number of carbonyl (C=O) groups is 1. The van der Waals surface area contributed by atoms with Gasteiger partial charge in [0.1, 0.15) is 0 Å². The standard InChI is InChI=1S/C10H8.C8H8O2/c1-2-6-10-8-4-3-7-9(10)5-1;9-8(10)6-7-4-2-1-3-5-7/h1-8H;1-5H,6H2,(H,9,10). The number of fused-ring (bicyclic) bond motifs is 1. The molecule has 100 valence electrons. The molecular weight excluding hydrogens is 248 g/mol. The van der Waals surface area contributed by atoms with E-state index in [9.17, 15) is 4.79 Å². The van der Waals surface area contributed by atoms with E-state index < -0.39 is 5.97 Å². The molecule has 0 bridgehead atoms. The van der Waals surface area contributed by atoms with Crippen molar-refractivity contribution >= 4 is 16.7 Å². The highest BCUT2D eigenvalue weighted by Gasteiger charge is 1.96. The van der Waals surface area contributed by atoms with Gasteiger partial charge in [0.2, 0.25) is 0 Å². The Balaban J connectivity index is 0.000000147. The van der Waals surface area contributed by atoms with Crippen LogP contribution in [0.2, 0.25) is 0 Å². The molecule has 2 nitrogen and oxygen atoms in total. The summed E-state index contributed by atoms with van der Waals surface area (Å²) >= 11 is 0. The van der Waals surface area contributed by atoms with Crippen LogP contribution >= 0.6 is 0 Å². The predicted molar refractivity (Wildman–Crippen MR) is 81.7 cm³/mol. The average molecular weight is 264 g/mol. The summed E-state index contributed by atoms with van der Waals surface area (Å²) in [5.74, 6) is -0.786. The molecule has 0 saturated carbocycles. The molecule has 1 N–H and O–H groups in total. The van der Waals surface area contributed by atoms with Crippen LogP contribution in [0.1, 0.15) is 5.56 Å². The number of benzene rings is 3. The first-order chi connectivity index (χ1) is 9.75. The van der Waals surface area contributed by atoms with Crippen molar-refractivity contribution in [2.45, 2.75) is 6.42 Å². The molecule has 20 heavy (non-hydrogen) atoms. The minimum absolute atomic E-state index is 0.112. The zero-order valence-electron chi connectivity index (χ0n) is 11.1. The van der Waals surface area contributed by atoms with Crippen LogP contribution in [0, 0.1) is 0 Å². The molecule has 0 heterocycles. The van der Waals surface area contributed by atoms with Gasteiger partial charge in [-0.15, -0.1) is 0 Å². The Bertz CT molecular complexity index is 610. The maximum Gasteiger partial charge on any atom is 0.307 e. The monoisotopic (exact) mass is 264 g/mol. The van der Waals surface area contributed by atoms with Gasteiger partial charge in [0.25, 0.3) is 0 Å². The van der Waals surface area contributed by atoms with Crippen molar-refractivity contribution in [3.8, 4) is 0 Å². The molecule has 0 aliphatic rings. The van der Waals surface area contributed by atoms with Crippen LogP contribution in [-0.2, 0) is 11.2 Å². The highest BCUT2D eigenvalue weighted by atomic mass is 16.4. The number of hydrogen-bond acceptors (Lipinski definition) is 1. The molecule has 0 aliphatic heterocycles. The van der Waals surface area contributed by atoms with Crippen molar-refractivity contribution < 1.29 is 9.90 Å². The number of carboxylic acid groups (broad SMARTS) is 1. The quantitative estimate of drug-likeness (QED) is 0.754. The summed E-state index contributed by atoms with van der Waals surface area (Å²) in [7, 11) is 0. The maximum absolute atomic E-state index is 10.2. The fourth-order valence-electron chi connectivity index (χ4n) is 1.90. The van der Waals surface area contributed by atoms with Crippen LogP contribution in [0.25, 0.3) is 10.8 Å². The van der Waals surface area contributed by atoms with E-state index in [1.807, 2.05) is 18.2 Å². The first-order valence-electron chi connectivity index (χ1n) is 6.45. The minimum Gasteiger partial charge on any atom is -0.481 e. The Morgan fingerprint density at radius 3 is 1.50 bits per heavy atom. The van der Waals surface area contributed by atoms with Crippen molar-refractivity contribution in [2.24, 2.45) is 0 Å². The third-order valence-corrected chi connectivity index (χ3v) is 2.86. The van der Waals surface area contributed by atoms with Crippen LogP contribution in [0.3, 0.4) is 0 Å². The van der Waals surface area contributed by atoms with E-state index in [0.717, 1.165) is 5.56 Å². The first-order valence-corrected chi connectivity index (χ1v) is 6.45. The summed E-state index contributed by atoms with van der Waals surface area (Å²) in [6.07, 6.45) is 0.112. The van der Waals surface area contributed by atoms with Crippen LogP contribution in [-0.4, -0.2) is 11.1 Å². The summed E-state index contributed by atoms with van der Waals surface area (Å²) in [5.41, 5.74) is 0.843. The third-order valence-electron chi connectivity index (χ3n) is 2.86. The molecule has 0 saturated heterocycles. The molecule has 0 amide bonds. The van der Waals surface area contributed by atoms with Gasteiger partial charge in [0.05, 0.1) is 6.42 Å². The van der Waals surface area contributed by atoms with Gasteiger partial charge in [-0.2, -0.15) is 0 Å². The van der Waals surface area contributed by atoms with Gasteiger partial charge >= 0.3 is 5.97 Å². The SMILES string of the molecule is O=C(O)Cc1ccccc1.c1ccc2ccccc2c1. The van der Waals surface area contributed by atoms with Gasteiger partial charge in [-0.3, -0.25) is 4.79 Å². The van der Waals surface area contributed by atoms with E-state index in [1.54, 1.807) is 12.1 Å². The molecule has 0 atom stereocenters. The average Bonchev–Trinajstić information content (AvgIpc) is 2.48. The Kier molecular flexibility index (Phi) is 4.90. The van der Waals surface area contributed by atoms with E-state index in [2.05, 4.69) is 48.5 Å². The van der Waals surface area contributed by atoms with Crippen LogP contribution in [0.15, 0.2) is 78.9 Å². The van der Waals surface area contributed by atoms with Crippen molar-refractivity contribution in [1.29, 1.82) is 0 Å². The second kappa shape index (κ2) is 7.10. The van der Waals surface area contributed by atoms with E-state index >= 15 is 0 Å². The summed E-state index contributed by atoms with van der Waals surface area (Å²) in [5, 5.41) is 11.0. The number of aliphatic carboxylic acids is 1. The van der Waals surface area contributed by atoms with Gasteiger partial charge in [0.15, 0.2) is 0 Å². The van der Waals surface area contributed by atoms with Crippen LogP contribution in [0.5, 0.6) is 0 Å². The Labute approximate surface area is 118 Å². The summed E-state index contributed by atoms with van der Waals surface area (Å²) in [6, 6.07) is 25.8. The molecule has 3 aromatic carbocycles. The molecule has 0 aliphatic carbocycles. The lowest BCUT2D eigenvalue weighted by atomic mass is 10.1. The maximum atomic E-state index is 10.2. The lowest BCUT2D eigenvalue weighted by Crippen LogP contribution is -1.98. The zero-order chi connectivity index (χ0) is 14.2. The molecule has 0 fully saturated rings. The second-order valence-electron chi connectivity index (χ2n) is 4.40. The minimum atomic E-state index is -0.786. The molecule has 0 spiro atoms. The lowest BCUT2D eigenvalue weighted by Gasteiger charge is -1.92. The Morgan fingerprint density at radius 1 is 0.700 bits per heavy atom. The van der Waals surface area contributed by atoms with Crippen LogP contribution < -0.4 is 0 Å². The number of rotatable bonds is 2. The lowest BCUT2D eigenvalue weighted by molar-refractivity contribution is -0.136. The molecule has 0 radical (unpaired) electrons. The van der Waals surface area contributed by atoms with Gasteiger partial charge < -0.3 is 5.11 Å². The fraction of sp³-hybridized carbons (Fsp3) is 0.0556. The van der Waals surface area contributed by atoms with E-state index in [0.29, 0.717) is 0 Å². The van der Waals surface area contributed by atoms with Crippen molar-refractivity contribution in [1.82, 2.24) is 0 Å². The van der Waals surface area contributed by atoms with E-state index in [4.69, 9.17) is 5.11 Å². The van der Waals surface area contributed by atoms with E-state index in [-0.39, 0.29) is 6.42 Å². The van der Waals surface area contributed by atoms with Gasteiger partial charge in [0, 0.05) is 0 Å². The molecule has 0 unspecified atom stereocenters. The molecule has 0 aromatic heterocycles. The topological polar surface area (TPSA) is 37.3 Å². The summed E-state index contributed by atoms with van der Waals surface area (Å²) in [6.45, 7) is 0. The van der Waals surface area contributed by atoms with Crippen molar-refractivity contribution in [3.05, 3.63) is 84.4 Å². The van der Waals surface area contributed by atoms with Crippen molar-refractivity contribution in [3.63, 3.8) is 0 Å². The van der Waals surface area contributed by atoms with Crippen molar-refractivity contribution in [2.75, 3.05) is 0 Å². The molecular formula is C18H16O2. The first kappa shape index (κ1) is 13.8. The predicted octanol–water partition coefficient (Wildman–Crippen LogP) is 4.15. The normalized spacial score (nSPS) is 9.60. The van der Waals surface area contributed by atoms with Gasteiger partial charge in [-0.25, -0.2) is 0 Å². The third kappa shape index (κ3) is 4.25. The number of carboxylic acids is 1. The second-order valence-corrected chi connectivity index (χ2v) is 4.40. The summed E-state index contributed by atoms with van der Waals surface area (Å²) in [4.78, 5) is 10.2. The zero-order valence-corrected chi connectivity index (χ0v) is 11.1. The smallest absolute Gasteiger partial charge is 0.307 e. The van der Waals surface area contributed by atoms with E-state index in [1.165, 1.54) is 10.8 Å². The Hall–Kier alpha value is -2.61. The number of hydrogen-bond donors (Lipinski definition) is 1. The molecule has 3 rings (SSSR count). The highest BCUT2D eigenvalue weighted by Crippen LogP contribution is 2.11. The highest BCUT2D eigenvalue weighted by molar-refractivity contribution is 5.82. The van der Waals surface area contributed by atoms with Gasteiger partial charge in [-0.05, 0) is 16.3 Å². The Morgan fingerprint density at radius 2 is 1.10 bits per heavy atom. The van der Waals surface area contributed by atoms with Gasteiger partial charge in [-0.1, -0.05) is 78.9 Å². The molecule has 2 heteroatoms.